The summed E-state index contributed by atoms with van der Waals surface area (Å²) in [5, 5.41) is 0.951. The number of rotatable bonds is 4. The first-order valence-corrected chi connectivity index (χ1v) is 7.63. The zero-order chi connectivity index (χ0) is 14.6. The second-order valence-corrected chi connectivity index (χ2v) is 6.22. The third-order valence-corrected chi connectivity index (χ3v) is 4.23. The molecule has 0 spiro atoms. The van der Waals surface area contributed by atoms with Crippen LogP contribution in [0.4, 0.5) is 0 Å². The molecule has 0 bridgehead atoms. The van der Waals surface area contributed by atoms with E-state index in [0.29, 0.717) is 5.56 Å². The van der Waals surface area contributed by atoms with Crippen LogP contribution in [-0.2, 0) is 9.84 Å². The van der Waals surface area contributed by atoms with E-state index in [1.165, 1.54) is 12.1 Å². The quantitative estimate of drug-likeness (QED) is 0.641. The van der Waals surface area contributed by atoms with E-state index in [-0.39, 0.29) is 10.7 Å². The van der Waals surface area contributed by atoms with Gasteiger partial charge in [-0.3, -0.25) is 4.79 Å². The number of hydrogen-bond donors (Lipinski definition) is 0. The fraction of sp³-hybridized carbons (Fsp3) is 0.0625. The van der Waals surface area contributed by atoms with Crippen molar-refractivity contribution in [1.82, 2.24) is 0 Å². The van der Waals surface area contributed by atoms with Crippen LogP contribution in [0.1, 0.15) is 15.9 Å². The molecule has 0 aliphatic carbocycles. The summed E-state index contributed by atoms with van der Waals surface area (Å²) >= 11 is 0. The minimum absolute atomic E-state index is 0.181. The molecule has 0 N–H and O–H groups in total. The Morgan fingerprint density at radius 3 is 2.15 bits per heavy atom. The minimum atomic E-state index is -3.58. The first kappa shape index (κ1) is 14.2. The molecule has 0 radical (unpaired) electrons. The van der Waals surface area contributed by atoms with Crippen LogP contribution >= 0.6 is 0 Å². The maximum Gasteiger partial charge on any atom is 0.199 e. The summed E-state index contributed by atoms with van der Waals surface area (Å²) in [4.78, 5) is 12.0. The lowest BCUT2D eigenvalue weighted by atomic mass is 10.1. The molecule has 2 rings (SSSR count). The monoisotopic (exact) mass is 286 g/mol. The molecule has 2 aromatic carbocycles. The Bertz CT molecular complexity index is 727. The lowest BCUT2D eigenvalue weighted by Gasteiger charge is -1.99. The summed E-state index contributed by atoms with van der Waals surface area (Å²) < 4.78 is 24.1. The lowest BCUT2D eigenvalue weighted by molar-refractivity contribution is 0.104. The summed E-state index contributed by atoms with van der Waals surface area (Å²) in [6, 6.07) is 15.1. The smallest absolute Gasteiger partial charge is 0.199 e. The van der Waals surface area contributed by atoms with Crippen LogP contribution in [0, 0.1) is 6.92 Å². The maximum atomic E-state index is 12.0. The van der Waals surface area contributed by atoms with Crippen LogP contribution in [0.2, 0.25) is 0 Å². The maximum absolute atomic E-state index is 12.0. The van der Waals surface area contributed by atoms with Gasteiger partial charge in [0.25, 0.3) is 0 Å². The van der Waals surface area contributed by atoms with E-state index in [1.807, 2.05) is 6.92 Å². The largest absolute Gasteiger partial charge is 0.289 e. The van der Waals surface area contributed by atoms with Crippen molar-refractivity contribution in [3.8, 4) is 0 Å². The van der Waals surface area contributed by atoms with E-state index in [0.717, 1.165) is 17.0 Å². The standard InChI is InChI=1S/C16H14O3S/c1-13-7-9-15(10-8-13)20(18,19)12-11-16(17)14-5-3-2-4-6-14/h2-12H,1H3/b12-11-. The molecule has 0 amide bonds. The highest BCUT2D eigenvalue weighted by atomic mass is 32.2. The first-order chi connectivity index (χ1) is 9.49. The normalized spacial score (nSPS) is 11.7. The highest BCUT2D eigenvalue weighted by Gasteiger charge is 2.10. The zero-order valence-corrected chi connectivity index (χ0v) is 11.8. The second kappa shape index (κ2) is 5.84. The van der Waals surface area contributed by atoms with Gasteiger partial charge in [-0.15, -0.1) is 0 Å². The van der Waals surface area contributed by atoms with Crippen molar-refractivity contribution < 1.29 is 13.2 Å². The van der Waals surface area contributed by atoms with Crippen LogP contribution in [0.3, 0.4) is 0 Å². The van der Waals surface area contributed by atoms with Crippen LogP contribution in [0.25, 0.3) is 0 Å². The van der Waals surface area contributed by atoms with E-state index >= 15 is 0 Å². The summed E-state index contributed by atoms with van der Waals surface area (Å²) in [7, 11) is -3.58. The predicted molar refractivity (Wildman–Crippen MR) is 78.3 cm³/mol. The van der Waals surface area contributed by atoms with Gasteiger partial charge in [0.1, 0.15) is 0 Å². The summed E-state index contributed by atoms with van der Waals surface area (Å²) in [5.41, 5.74) is 1.44. The lowest BCUT2D eigenvalue weighted by Crippen LogP contribution is -1.99. The molecule has 0 aromatic heterocycles. The number of benzene rings is 2. The Morgan fingerprint density at radius 2 is 1.55 bits per heavy atom. The Kier molecular flexibility index (Phi) is 4.15. The van der Waals surface area contributed by atoms with Gasteiger partial charge in [-0.25, -0.2) is 8.42 Å². The van der Waals surface area contributed by atoms with E-state index in [9.17, 15) is 13.2 Å². The highest BCUT2D eigenvalue weighted by Crippen LogP contribution is 2.13. The van der Waals surface area contributed by atoms with Gasteiger partial charge in [0.15, 0.2) is 15.6 Å². The SMILES string of the molecule is Cc1ccc(S(=O)(=O)/C=C\C(=O)c2ccccc2)cc1. The Morgan fingerprint density at radius 1 is 0.950 bits per heavy atom. The van der Waals surface area contributed by atoms with Gasteiger partial charge in [-0.05, 0) is 25.1 Å². The average molecular weight is 286 g/mol. The third kappa shape index (κ3) is 3.42. The van der Waals surface area contributed by atoms with E-state index in [2.05, 4.69) is 0 Å². The molecule has 4 heteroatoms. The molecule has 0 aliphatic rings. The van der Waals surface area contributed by atoms with Gasteiger partial charge in [0.05, 0.1) is 4.90 Å². The Hall–Kier alpha value is -2.20. The number of carbonyl (C=O) groups is 1. The number of allylic oxidation sites excluding steroid dienone is 1. The average Bonchev–Trinajstić information content (AvgIpc) is 2.46. The number of ketones is 1. The number of carbonyl (C=O) groups excluding carboxylic acids is 1. The van der Waals surface area contributed by atoms with Crippen molar-refractivity contribution in [3.63, 3.8) is 0 Å². The molecule has 0 unspecified atom stereocenters. The molecule has 2 aromatic rings. The molecule has 102 valence electrons. The van der Waals surface area contributed by atoms with Crippen LogP contribution in [0.5, 0.6) is 0 Å². The van der Waals surface area contributed by atoms with Crippen LogP contribution in [0.15, 0.2) is 71.0 Å². The predicted octanol–water partition coefficient (Wildman–Crippen LogP) is 3.17. The minimum Gasteiger partial charge on any atom is -0.289 e. The third-order valence-electron chi connectivity index (χ3n) is 2.81. The molecule has 0 aliphatic heterocycles. The van der Waals surface area contributed by atoms with Gasteiger partial charge in [-0.1, -0.05) is 48.0 Å². The van der Waals surface area contributed by atoms with Gasteiger partial charge >= 0.3 is 0 Å². The zero-order valence-electron chi connectivity index (χ0n) is 11.0. The topological polar surface area (TPSA) is 51.2 Å². The number of hydrogen-bond acceptors (Lipinski definition) is 3. The van der Waals surface area contributed by atoms with Crippen molar-refractivity contribution in [2.45, 2.75) is 11.8 Å². The van der Waals surface area contributed by atoms with E-state index < -0.39 is 9.84 Å². The molecule has 0 heterocycles. The van der Waals surface area contributed by atoms with Crippen molar-refractivity contribution >= 4 is 15.6 Å². The summed E-state index contributed by atoms with van der Waals surface area (Å²) in [5.74, 6) is -0.332. The van der Waals surface area contributed by atoms with E-state index in [1.54, 1.807) is 42.5 Å². The van der Waals surface area contributed by atoms with Crippen molar-refractivity contribution in [3.05, 3.63) is 77.2 Å². The van der Waals surface area contributed by atoms with E-state index in [4.69, 9.17) is 0 Å². The van der Waals surface area contributed by atoms with Crippen molar-refractivity contribution in [1.29, 1.82) is 0 Å². The molecule has 0 atom stereocenters. The highest BCUT2D eigenvalue weighted by molar-refractivity contribution is 7.94. The van der Waals surface area contributed by atoms with Gasteiger partial charge in [-0.2, -0.15) is 0 Å². The van der Waals surface area contributed by atoms with Crippen molar-refractivity contribution in [2.24, 2.45) is 0 Å². The first-order valence-electron chi connectivity index (χ1n) is 6.08. The number of aryl methyl sites for hydroxylation is 1. The fourth-order valence-corrected chi connectivity index (χ4v) is 2.63. The molecule has 0 saturated heterocycles. The van der Waals surface area contributed by atoms with Gasteiger partial charge < -0.3 is 0 Å². The fourth-order valence-electron chi connectivity index (χ4n) is 1.66. The van der Waals surface area contributed by atoms with Gasteiger partial charge in [0.2, 0.25) is 0 Å². The van der Waals surface area contributed by atoms with Crippen LogP contribution in [-0.4, -0.2) is 14.2 Å². The Balaban J connectivity index is 2.22. The molecular formula is C16H14O3S. The number of sulfone groups is 1. The van der Waals surface area contributed by atoms with Gasteiger partial charge in [0, 0.05) is 11.0 Å². The molecule has 0 saturated carbocycles. The molecular weight excluding hydrogens is 272 g/mol. The second-order valence-electron chi connectivity index (χ2n) is 4.39. The summed E-state index contributed by atoms with van der Waals surface area (Å²) in [6.45, 7) is 1.88. The molecule has 0 fully saturated rings. The summed E-state index contributed by atoms with van der Waals surface area (Å²) in [6.07, 6.45) is 1.09. The Labute approximate surface area is 118 Å². The van der Waals surface area contributed by atoms with Crippen LogP contribution < -0.4 is 0 Å². The molecule has 3 nitrogen and oxygen atoms in total. The molecule has 20 heavy (non-hydrogen) atoms. The van der Waals surface area contributed by atoms with Crippen molar-refractivity contribution in [2.75, 3.05) is 0 Å².